The third kappa shape index (κ3) is 6.21. The van der Waals surface area contributed by atoms with Crippen molar-refractivity contribution in [1.29, 1.82) is 0 Å². The Morgan fingerprint density at radius 3 is 2.09 bits per heavy atom. The van der Waals surface area contributed by atoms with E-state index in [1.165, 1.54) is 17.7 Å². The number of carboxylic acid groups (broad SMARTS) is 1. The van der Waals surface area contributed by atoms with Crippen LogP contribution < -0.4 is 0 Å². The maximum Gasteiger partial charge on any atom is 0.335 e. The maximum atomic E-state index is 11.2. The average Bonchev–Trinajstić information content (AvgIpc) is 3.51. The van der Waals surface area contributed by atoms with Gasteiger partial charge in [0.15, 0.2) is 0 Å². The highest BCUT2D eigenvalue weighted by atomic mass is 16.4. The molecule has 2 heterocycles. The molecule has 3 atom stereocenters. The molecule has 218 valence electrons. The van der Waals surface area contributed by atoms with Crippen molar-refractivity contribution < 1.29 is 19.4 Å². The Morgan fingerprint density at radius 1 is 0.814 bits per heavy atom. The van der Waals surface area contributed by atoms with Crippen LogP contribution in [-0.2, 0) is 6.54 Å². The topological polar surface area (TPSA) is 103 Å². The molecule has 0 aliphatic carbocycles. The monoisotopic (exact) mass is 574 g/mol. The molecule has 2 N–H and O–H groups in total. The molecule has 0 saturated carbocycles. The third-order valence-corrected chi connectivity index (χ3v) is 8.19. The molecule has 5 aromatic rings. The number of benzene rings is 4. The van der Waals surface area contributed by atoms with Gasteiger partial charge in [-0.05, 0) is 79.1 Å². The standard InChI is InChI=1S/C35H34N4O4/c1-23-21-39(24(2)20-38(23)22-25-7-4-3-5-8-25)32(30-9-6-10-31(40)19-30)26-11-13-27(14-12-26)33-36-37-34(43-33)28-15-17-29(18-16-28)35(41)42/h3-19,23-24,32,40H,20-22H2,1-2H3,(H,41,42)/t23-,24+,32-/m1/s1. The van der Waals surface area contributed by atoms with E-state index in [1.54, 1.807) is 18.2 Å². The summed E-state index contributed by atoms with van der Waals surface area (Å²) in [6.45, 7) is 7.29. The second-order valence-electron chi connectivity index (χ2n) is 11.2. The van der Waals surface area contributed by atoms with E-state index in [1.807, 2.05) is 24.3 Å². The smallest absolute Gasteiger partial charge is 0.335 e. The van der Waals surface area contributed by atoms with E-state index in [2.05, 4.69) is 82.4 Å². The van der Waals surface area contributed by atoms with E-state index in [9.17, 15) is 9.90 Å². The number of aromatic nitrogens is 2. The first-order chi connectivity index (χ1) is 20.9. The van der Waals surface area contributed by atoms with E-state index >= 15 is 0 Å². The second kappa shape index (κ2) is 12.2. The molecule has 1 aliphatic rings. The Hall–Kier alpha value is -4.79. The Balaban J connectivity index is 1.25. The van der Waals surface area contributed by atoms with Gasteiger partial charge in [0.05, 0.1) is 11.6 Å². The molecular weight excluding hydrogens is 540 g/mol. The minimum absolute atomic E-state index is 0.0523. The largest absolute Gasteiger partial charge is 0.508 e. The molecule has 0 radical (unpaired) electrons. The Morgan fingerprint density at radius 2 is 1.47 bits per heavy atom. The quantitative estimate of drug-likeness (QED) is 0.217. The van der Waals surface area contributed by atoms with Gasteiger partial charge in [0, 0.05) is 42.8 Å². The van der Waals surface area contributed by atoms with Crippen molar-refractivity contribution in [3.8, 4) is 28.7 Å². The van der Waals surface area contributed by atoms with E-state index < -0.39 is 5.97 Å². The molecule has 6 rings (SSSR count). The lowest BCUT2D eigenvalue weighted by molar-refractivity contribution is 0.0195. The van der Waals surface area contributed by atoms with Crippen LogP contribution in [0.15, 0.2) is 108 Å². The normalized spacial score (nSPS) is 18.4. The first-order valence-corrected chi connectivity index (χ1v) is 14.5. The second-order valence-corrected chi connectivity index (χ2v) is 11.2. The molecule has 0 spiro atoms. The van der Waals surface area contributed by atoms with Gasteiger partial charge in [-0.3, -0.25) is 9.80 Å². The van der Waals surface area contributed by atoms with Crippen molar-refractivity contribution in [1.82, 2.24) is 20.0 Å². The zero-order valence-corrected chi connectivity index (χ0v) is 24.2. The summed E-state index contributed by atoms with van der Waals surface area (Å²) >= 11 is 0. The van der Waals surface area contributed by atoms with Crippen LogP contribution in [0.2, 0.25) is 0 Å². The van der Waals surface area contributed by atoms with Crippen LogP contribution in [0.5, 0.6) is 5.75 Å². The van der Waals surface area contributed by atoms with Crippen LogP contribution in [0, 0.1) is 0 Å². The van der Waals surface area contributed by atoms with Crippen molar-refractivity contribution in [3.05, 3.63) is 125 Å². The Kier molecular flexibility index (Phi) is 8.05. The summed E-state index contributed by atoms with van der Waals surface area (Å²) in [7, 11) is 0. The zero-order chi connectivity index (χ0) is 29.9. The number of phenols is 1. The third-order valence-electron chi connectivity index (χ3n) is 8.19. The van der Waals surface area contributed by atoms with Crippen LogP contribution in [0.3, 0.4) is 0 Å². The predicted molar refractivity (Wildman–Crippen MR) is 165 cm³/mol. The zero-order valence-electron chi connectivity index (χ0n) is 24.2. The summed E-state index contributed by atoms with van der Waals surface area (Å²) in [4.78, 5) is 16.2. The summed E-state index contributed by atoms with van der Waals surface area (Å²) in [5.41, 5.74) is 5.09. The minimum atomic E-state index is -0.986. The van der Waals surface area contributed by atoms with Crippen LogP contribution in [0.25, 0.3) is 22.9 Å². The van der Waals surface area contributed by atoms with Gasteiger partial charge in [0.1, 0.15) is 5.75 Å². The van der Waals surface area contributed by atoms with Gasteiger partial charge in [-0.1, -0.05) is 54.6 Å². The summed E-state index contributed by atoms with van der Waals surface area (Å²) in [6.07, 6.45) is 0. The molecule has 1 aliphatic heterocycles. The van der Waals surface area contributed by atoms with Crippen LogP contribution in [0.4, 0.5) is 0 Å². The molecule has 0 unspecified atom stereocenters. The number of carbonyl (C=O) groups is 1. The summed E-state index contributed by atoms with van der Waals surface area (Å²) in [5.74, 6) is -0.0313. The SMILES string of the molecule is C[C@@H]1CN([C@H](c2ccc(-c3nnc(-c4ccc(C(=O)O)cc4)o3)cc2)c2cccc(O)c2)[C@@H](C)CN1Cc1ccccc1. The predicted octanol–water partition coefficient (Wildman–Crippen LogP) is 6.49. The number of aromatic hydroxyl groups is 1. The van der Waals surface area contributed by atoms with E-state index in [4.69, 9.17) is 9.52 Å². The molecule has 1 fully saturated rings. The number of phenolic OH excluding ortho intramolecular Hbond substituents is 1. The lowest BCUT2D eigenvalue weighted by Gasteiger charge is -2.47. The van der Waals surface area contributed by atoms with Crippen molar-refractivity contribution in [2.45, 2.75) is 38.5 Å². The number of rotatable bonds is 8. The van der Waals surface area contributed by atoms with E-state index in [0.29, 0.717) is 23.4 Å². The van der Waals surface area contributed by atoms with Gasteiger partial charge in [-0.15, -0.1) is 10.2 Å². The average molecular weight is 575 g/mol. The Bertz CT molecular complexity index is 1690. The fraction of sp³-hybridized carbons (Fsp3) is 0.229. The molecule has 0 bridgehead atoms. The first kappa shape index (κ1) is 28.3. The van der Waals surface area contributed by atoms with Gasteiger partial charge >= 0.3 is 5.97 Å². The molecule has 0 amide bonds. The minimum Gasteiger partial charge on any atom is -0.508 e. The fourth-order valence-corrected chi connectivity index (χ4v) is 5.91. The van der Waals surface area contributed by atoms with Crippen LogP contribution in [0.1, 0.15) is 46.9 Å². The number of hydrogen-bond donors (Lipinski definition) is 2. The maximum absolute atomic E-state index is 11.2. The highest BCUT2D eigenvalue weighted by molar-refractivity contribution is 5.88. The first-order valence-electron chi connectivity index (χ1n) is 14.5. The molecule has 4 aromatic carbocycles. The fourth-order valence-electron chi connectivity index (χ4n) is 5.91. The van der Waals surface area contributed by atoms with Crippen molar-refractivity contribution in [3.63, 3.8) is 0 Å². The highest BCUT2D eigenvalue weighted by Crippen LogP contribution is 2.36. The lowest BCUT2D eigenvalue weighted by Crippen LogP contribution is -2.56. The van der Waals surface area contributed by atoms with Gasteiger partial charge in [0.25, 0.3) is 0 Å². The van der Waals surface area contributed by atoms with Gasteiger partial charge in [-0.25, -0.2) is 4.79 Å². The molecule has 43 heavy (non-hydrogen) atoms. The number of nitrogens with zero attached hydrogens (tertiary/aromatic N) is 4. The highest BCUT2D eigenvalue weighted by Gasteiger charge is 2.35. The molecule has 8 nitrogen and oxygen atoms in total. The lowest BCUT2D eigenvalue weighted by atomic mass is 9.92. The number of hydrogen-bond acceptors (Lipinski definition) is 7. The molecule has 1 aromatic heterocycles. The van der Waals surface area contributed by atoms with Gasteiger partial charge in [-0.2, -0.15) is 0 Å². The van der Waals surface area contributed by atoms with E-state index in [-0.39, 0.29) is 23.4 Å². The van der Waals surface area contributed by atoms with Crippen LogP contribution in [-0.4, -0.2) is 61.4 Å². The van der Waals surface area contributed by atoms with Gasteiger partial charge < -0.3 is 14.6 Å². The van der Waals surface area contributed by atoms with E-state index in [0.717, 1.165) is 36.3 Å². The van der Waals surface area contributed by atoms with Gasteiger partial charge in [0.2, 0.25) is 11.8 Å². The molecule has 8 heteroatoms. The summed E-state index contributed by atoms with van der Waals surface area (Å²) < 4.78 is 5.95. The summed E-state index contributed by atoms with van der Waals surface area (Å²) in [6, 6.07) is 33.2. The Labute approximate surface area is 250 Å². The van der Waals surface area contributed by atoms with Crippen molar-refractivity contribution in [2.75, 3.05) is 13.1 Å². The van der Waals surface area contributed by atoms with Crippen molar-refractivity contribution >= 4 is 5.97 Å². The number of piperazine rings is 1. The molecule has 1 saturated heterocycles. The number of carboxylic acids is 1. The summed E-state index contributed by atoms with van der Waals surface area (Å²) in [5, 5.41) is 27.9. The van der Waals surface area contributed by atoms with Crippen LogP contribution >= 0.6 is 0 Å². The number of aromatic carboxylic acids is 1. The van der Waals surface area contributed by atoms with Crippen molar-refractivity contribution in [2.24, 2.45) is 0 Å². The molecular formula is C35H34N4O4.